The van der Waals surface area contributed by atoms with Gasteiger partial charge in [0.1, 0.15) is 5.82 Å². The first-order chi connectivity index (χ1) is 14.8. The molecular formula is C20H14Cl2N4O4S. The maximum Gasteiger partial charge on any atom is 0.289 e. The molecule has 0 saturated heterocycles. The second-order valence-corrected chi connectivity index (χ2v) is 9.17. The van der Waals surface area contributed by atoms with Crippen LogP contribution < -0.4 is 0 Å². The van der Waals surface area contributed by atoms with Crippen LogP contribution in [0, 0.1) is 10.1 Å². The molecule has 0 fully saturated rings. The lowest BCUT2D eigenvalue weighted by molar-refractivity contribution is -0.387. The molecule has 0 atom stereocenters. The van der Waals surface area contributed by atoms with Crippen molar-refractivity contribution in [2.75, 3.05) is 0 Å². The van der Waals surface area contributed by atoms with Crippen LogP contribution in [-0.2, 0) is 22.9 Å². The maximum absolute atomic E-state index is 13.6. The molecule has 0 aliphatic carbocycles. The lowest BCUT2D eigenvalue weighted by atomic mass is 10.2. The molecule has 0 saturated carbocycles. The van der Waals surface area contributed by atoms with Crippen molar-refractivity contribution in [1.82, 2.24) is 13.9 Å². The fraction of sp³-hybridized carbons (Fsp3) is 0.100. The Balaban J connectivity index is 1.93. The van der Waals surface area contributed by atoms with Gasteiger partial charge in [-0.15, -0.1) is 0 Å². The zero-order valence-electron chi connectivity index (χ0n) is 15.8. The lowest BCUT2D eigenvalue weighted by Crippen LogP contribution is -2.18. The fourth-order valence-electron chi connectivity index (χ4n) is 3.24. The molecular weight excluding hydrogens is 463 g/mol. The first-order valence-corrected chi connectivity index (χ1v) is 11.2. The van der Waals surface area contributed by atoms with E-state index in [0.717, 1.165) is 15.7 Å². The number of aromatic nitrogens is 3. The summed E-state index contributed by atoms with van der Waals surface area (Å²) in [5.74, 6) is 0.192. The fourth-order valence-corrected chi connectivity index (χ4v) is 5.22. The molecule has 0 spiro atoms. The van der Waals surface area contributed by atoms with Gasteiger partial charge in [0, 0.05) is 24.4 Å². The summed E-state index contributed by atoms with van der Waals surface area (Å²) >= 11 is 12.2. The Bertz CT molecular complexity index is 1410. The minimum absolute atomic E-state index is 0.143. The summed E-state index contributed by atoms with van der Waals surface area (Å²) in [6.07, 6.45) is 2.28. The molecule has 8 nitrogen and oxygen atoms in total. The predicted molar refractivity (Wildman–Crippen MR) is 117 cm³/mol. The van der Waals surface area contributed by atoms with E-state index < -0.39 is 25.5 Å². The third-order valence-electron chi connectivity index (χ3n) is 4.63. The summed E-state index contributed by atoms with van der Waals surface area (Å²) < 4.78 is 28.2. The minimum Gasteiger partial charge on any atom is -0.261 e. The van der Waals surface area contributed by atoms with Crippen molar-refractivity contribution in [3.05, 3.63) is 92.5 Å². The normalized spacial score (nSPS) is 11.7. The van der Waals surface area contributed by atoms with E-state index in [-0.39, 0.29) is 27.8 Å². The molecule has 0 amide bonds. The van der Waals surface area contributed by atoms with E-state index in [9.17, 15) is 18.5 Å². The monoisotopic (exact) mass is 476 g/mol. The summed E-state index contributed by atoms with van der Waals surface area (Å²) in [7, 11) is -4.37. The number of benzene rings is 2. The summed E-state index contributed by atoms with van der Waals surface area (Å²) in [4.78, 5) is 19.0. The van der Waals surface area contributed by atoms with E-state index in [1.165, 1.54) is 30.3 Å². The first-order valence-electron chi connectivity index (χ1n) is 9.04. The molecule has 2 aromatic heterocycles. The van der Waals surface area contributed by atoms with Gasteiger partial charge in [0.25, 0.3) is 15.7 Å². The van der Waals surface area contributed by atoms with Gasteiger partial charge in [-0.3, -0.25) is 15.1 Å². The number of nitro groups is 1. The highest BCUT2D eigenvalue weighted by Crippen LogP contribution is 2.33. The molecule has 0 aliphatic heterocycles. The van der Waals surface area contributed by atoms with Gasteiger partial charge in [-0.1, -0.05) is 41.4 Å². The Hall–Kier alpha value is -3.01. The number of halogens is 2. The largest absolute Gasteiger partial charge is 0.289 e. The molecule has 0 N–H and O–H groups in total. The Labute approximate surface area is 187 Å². The number of hydrogen-bond donors (Lipinski definition) is 0. The first kappa shape index (κ1) is 21.2. The smallest absolute Gasteiger partial charge is 0.261 e. The van der Waals surface area contributed by atoms with E-state index in [1.54, 1.807) is 12.3 Å². The SMILES string of the molecule is O=[N+]([O-])c1ccccc1S(=O)(=O)n1c(CCc2ccccn2)nc2cc(Cl)c(Cl)cc21. The van der Waals surface area contributed by atoms with Gasteiger partial charge in [0.05, 0.1) is 26.0 Å². The average Bonchev–Trinajstić information content (AvgIpc) is 3.11. The Kier molecular flexibility index (Phi) is 5.65. The molecule has 2 aromatic carbocycles. The summed E-state index contributed by atoms with van der Waals surface area (Å²) in [6.45, 7) is 0. The van der Waals surface area contributed by atoms with Crippen LogP contribution in [0.3, 0.4) is 0 Å². The Morgan fingerprint density at radius 2 is 1.71 bits per heavy atom. The molecule has 158 valence electrons. The van der Waals surface area contributed by atoms with Crippen LogP contribution in [-0.4, -0.2) is 27.3 Å². The van der Waals surface area contributed by atoms with Gasteiger partial charge >= 0.3 is 0 Å². The van der Waals surface area contributed by atoms with Crippen molar-refractivity contribution in [3.63, 3.8) is 0 Å². The van der Waals surface area contributed by atoms with Crippen LogP contribution in [0.2, 0.25) is 10.0 Å². The zero-order valence-corrected chi connectivity index (χ0v) is 18.1. The van der Waals surface area contributed by atoms with Gasteiger partial charge in [-0.05, 0) is 36.8 Å². The number of nitro benzene ring substituents is 1. The van der Waals surface area contributed by atoms with E-state index in [0.29, 0.717) is 11.9 Å². The van der Waals surface area contributed by atoms with Crippen molar-refractivity contribution >= 4 is 49.9 Å². The molecule has 0 aliphatic rings. The van der Waals surface area contributed by atoms with Crippen molar-refractivity contribution < 1.29 is 13.3 Å². The van der Waals surface area contributed by atoms with Crippen LogP contribution >= 0.6 is 23.2 Å². The molecule has 31 heavy (non-hydrogen) atoms. The van der Waals surface area contributed by atoms with E-state index in [1.807, 2.05) is 12.1 Å². The number of hydrogen-bond acceptors (Lipinski definition) is 6. The number of pyridine rings is 1. The average molecular weight is 477 g/mol. The Morgan fingerprint density at radius 1 is 1.00 bits per heavy atom. The molecule has 11 heteroatoms. The standard InChI is InChI=1S/C20H14Cl2N4O4S/c21-14-11-16-18(12-15(14)22)25(20(24-16)9-8-13-5-3-4-10-23-13)31(29,30)19-7-2-1-6-17(19)26(27)28/h1-7,10-12H,8-9H2. The number of imidazole rings is 1. The van der Waals surface area contributed by atoms with Crippen molar-refractivity contribution in [1.29, 1.82) is 0 Å². The number of aryl methyl sites for hydroxylation is 2. The highest BCUT2D eigenvalue weighted by Gasteiger charge is 2.31. The van der Waals surface area contributed by atoms with E-state index >= 15 is 0 Å². The quantitative estimate of drug-likeness (QED) is 0.295. The molecule has 0 bridgehead atoms. The number of nitrogens with zero attached hydrogens (tertiary/aromatic N) is 4. The van der Waals surface area contributed by atoms with E-state index in [2.05, 4.69) is 9.97 Å². The molecule has 4 rings (SSSR count). The number of rotatable bonds is 6. The number of para-hydroxylation sites is 1. The summed E-state index contributed by atoms with van der Waals surface area (Å²) in [6, 6.07) is 13.5. The van der Waals surface area contributed by atoms with Gasteiger partial charge < -0.3 is 0 Å². The van der Waals surface area contributed by atoms with Crippen LogP contribution in [0.1, 0.15) is 11.5 Å². The highest BCUT2D eigenvalue weighted by atomic mass is 35.5. The predicted octanol–water partition coefficient (Wildman–Crippen LogP) is 4.67. The zero-order chi connectivity index (χ0) is 22.2. The van der Waals surface area contributed by atoms with Crippen molar-refractivity contribution in [2.45, 2.75) is 17.7 Å². The van der Waals surface area contributed by atoms with Gasteiger partial charge in [0.15, 0.2) is 4.90 Å². The summed E-state index contributed by atoms with van der Waals surface area (Å²) in [5, 5.41) is 11.8. The van der Waals surface area contributed by atoms with Crippen LogP contribution in [0.5, 0.6) is 0 Å². The van der Waals surface area contributed by atoms with Crippen LogP contribution in [0.25, 0.3) is 11.0 Å². The maximum atomic E-state index is 13.6. The summed E-state index contributed by atoms with van der Waals surface area (Å²) in [5.41, 5.74) is 0.719. The molecule has 4 aromatic rings. The van der Waals surface area contributed by atoms with Crippen LogP contribution in [0.15, 0.2) is 65.7 Å². The highest BCUT2D eigenvalue weighted by molar-refractivity contribution is 7.90. The van der Waals surface area contributed by atoms with Gasteiger partial charge in [-0.2, -0.15) is 0 Å². The van der Waals surface area contributed by atoms with Crippen LogP contribution in [0.4, 0.5) is 5.69 Å². The second-order valence-electron chi connectivity index (χ2n) is 6.60. The van der Waals surface area contributed by atoms with Gasteiger partial charge in [0.2, 0.25) is 0 Å². The topological polar surface area (TPSA) is 108 Å². The van der Waals surface area contributed by atoms with Crippen molar-refractivity contribution in [3.8, 4) is 0 Å². The third-order valence-corrected chi connectivity index (χ3v) is 7.14. The number of fused-ring (bicyclic) bond motifs is 1. The second kappa shape index (κ2) is 8.26. The third kappa shape index (κ3) is 3.99. The molecule has 0 radical (unpaired) electrons. The van der Waals surface area contributed by atoms with Gasteiger partial charge in [-0.25, -0.2) is 17.4 Å². The van der Waals surface area contributed by atoms with Crippen molar-refractivity contribution in [2.24, 2.45) is 0 Å². The Morgan fingerprint density at radius 3 is 2.42 bits per heavy atom. The minimum atomic E-state index is -4.37. The molecule has 0 unspecified atom stereocenters. The molecule has 2 heterocycles. The van der Waals surface area contributed by atoms with E-state index in [4.69, 9.17) is 23.2 Å². The lowest BCUT2D eigenvalue weighted by Gasteiger charge is -2.11.